The fourth-order valence-corrected chi connectivity index (χ4v) is 4.90. The average Bonchev–Trinajstić information content (AvgIpc) is 3.23. The van der Waals surface area contributed by atoms with Crippen LogP contribution in [0, 0.1) is 5.82 Å². The third-order valence-electron chi connectivity index (χ3n) is 6.88. The maximum Gasteiger partial charge on any atom is 0.222 e. The van der Waals surface area contributed by atoms with Gasteiger partial charge in [-0.2, -0.15) is 0 Å². The van der Waals surface area contributed by atoms with Crippen molar-refractivity contribution in [2.45, 2.75) is 44.2 Å². The predicted molar refractivity (Wildman–Crippen MR) is 141 cm³/mol. The maximum atomic E-state index is 13.5. The molecule has 2 heterocycles. The van der Waals surface area contributed by atoms with Crippen molar-refractivity contribution in [2.24, 2.45) is 0 Å². The Balaban J connectivity index is 1.32. The lowest BCUT2D eigenvalue weighted by atomic mass is 10.1. The Morgan fingerprint density at radius 2 is 1.97 bits per heavy atom. The van der Waals surface area contributed by atoms with Crippen molar-refractivity contribution >= 4 is 5.91 Å². The third kappa shape index (κ3) is 8.31. The minimum absolute atomic E-state index is 0.0105. The van der Waals surface area contributed by atoms with E-state index in [0.717, 1.165) is 37.8 Å². The van der Waals surface area contributed by atoms with Crippen LogP contribution in [0.2, 0.25) is 0 Å². The summed E-state index contributed by atoms with van der Waals surface area (Å²) >= 11 is 0. The molecule has 0 spiro atoms. The van der Waals surface area contributed by atoms with Gasteiger partial charge in [0.05, 0.1) is 26.9 Å². The molecule has 0 bridgehead atoms. The zero-order chi connectivity index (χ0) is 26.8. The van der Waals surface area contributed by atoms with Crippen molar-refractivity contribution in [2.75, 3.05) is 59.7 Å². The number of carbonyl (C=O) groups excluding carboxylic acids is 1. The molecule has 8 nitrogen and oxygen atoms in total. The summed E-state index contributed by atoms with van der Waals surface area (Å²) < 4.78 is 36.4. The van der Waals surface area contributed by atoms with Gasteiger partial charge in [0.1, 0.15) is 23.8 Å². The normalized spacial score (nSPS) is 21.0. The smallest absolute Gasteiger partial charge is 0.222 e. The topological polar surface area (TPSA) is 80.7 Å². The lowest BCUT2D eigenvalue weighted by Crippen LogP contribution is -2.48. The molecule has 4 rings (SSSR count). The fraction of sp³-hybridized carbons (Fsp3) is 0.552. The van der Waals surface area contributed by atoms with Gasteiger partial charge in [-0.15, -0.1) is 0 Å². The van der Waals surface area contributed by atoms with Gasteiger partial charge in [0.25, 0.3) is 0 Å². The minimum atomic E-state index is -1.24. The molecule has 9 heteroatoms. The highest BCUT2D eigenvalue weighted by molar-refractivity contribution is 5.76. The quantitative estimate of drug-likeness (QED) is 0.444. The van der Waals surface area contributed by atoms with Crippen molar-refractivity contribution in [3.05, 3.63) is 53.8 Å². The van der Waals surface area contributed by atoms with Gasteiger partial charge in [0.15, 0.2) is 11.5 Å². The van der Waals surface area contributed by atoms with Gasteiger partial charge < -0.3 is 29.0 Å². The number of aliphatic hydroxyl groups is 1. The van der Waals surface area contributed by atoms with E-state index in [1.807, 2.05) is 23.1 Å². The molecule has 2 aromatic rings. The van der Waals surface area contributed by atoms with Crippen LogP contribution >= 0.6 is 0 Å². The van der Waals surface area contributed by atoms with E-state index in [0.29, 0.717) is 63.1 Å². The van der Waals surface area contributed by atoms with Crippen molar-refractivity contribution < 1.29 is 33.2 Å². The summed E-state index contributed by atoms with van der Waals surface area (Å²) in [5.74, 6) is 1.53. The Labute approximate surface area is 224 Å². The first-order valence-electron chi connectivity index (χ1n) is 13.4. The van der Waals surface area contributed by atoms with E-state index in [4.69, 9.17) is 18.9 Å². The molecule has 1 atom stereocenters. The number of ether oxygens (including phenoxy) is 4. The summed E-state index contributed by atoms with van der Waals surface area (Å²) in [5, 5.41) is 11.2. The number of carbonyl (C=O) groups is 1. The average molecular weight is 531 g/mol. The summed E-state index contributed by atoms with van der Waals surface area (Å²) in [5.41, 5.74) is -0.224. The van der Waals surface area contributed by atoms with Crippen LogP contribution in [0.5, 0.6) is 17.2 Å². The van der Waals surface area contributed by atoms with Gasteiger partial charge in [-0.1, -0.05) is 18.6 Å². The Kier molecular flexibility index (Phi) is 10.2. The Morgan fingerprint density at radius 3 is 2.82 bits per heavy atom. The van der Waals surface area contributed by atoms with Crippen molar-refractivity contribution in [1.82, 2.24) is 9.80 Å². The molecule has 2 saturated heterocycles. The summed E-state index contributed by atoms with van der Waals surface area (Å²) in [4.78, 5) is 16.3. The summed E-state index contributed by atoms with van der Waals surface area (Å²) in [6.45, 7) is 4.19. The van der Waals surface area contributed by atoms with Crippen LogP contribution in [-0.2, 0) is 16.1 Å². The first-order valence-corrected chi connectivity index (χ1v) is 13.4. The summed E-state index contributed by atoms with van der Waals surface area (Å²) in [6.07, 6.45) is 4.56. The molecule has 208 valence electrons. The molecular weight excluding hydrogens is 491 g/mol. The highest BCUT2D eigenvalue weighted by Crippen LogP contribution is 2.29. The van der Waals surface area contributed by atoms with Gasteiger partial charge in [0, 0.05) is 45.2 Å². The van der Waals surface area contributed by atoms with Gasteiger partial charge in [0.2, 0.25) is 5.91 Å². The Bertz CT molecular complexity index is 1050. The minimum Gasteiger partial charge on any atom is -0.493 e. The first-order chi connectivity index (χ1) is 18.4. The molecule has 2 aromatic carbocycles. The number of hydrogen-bond donors (Lipinski definition) is 1. The summed E-state index contributed by atoms with van der Waals surface area (Å²) in [6, 6.07) is 11.7. The van der Waals surface area contributed by atoms with Gasteiger partial charge in [-0.05, 0) is 49.1 Å². The molecule has 38 heavy (non-hydrogen) atoms. The molecule has 0 unspecified atom stereocenters. The Hall–Kier alpha value is -2.88. The number of nitrogens with zero attached hydrogens (tertiary/aromatic N) is 2. The van der Waals surface area contributed by atoms with Crippen molar-refractivity contribution in [1.29, 1.82) is 0 Å². The van der Waals surface area contributed by atoms with E-state index in [1.54, 1.807) is 19.2 Å². The second-order valence-corrected chi connectivity index (χ2v) is 10.1. The SMILES string of the molecule is COc1ccc(CN2CCOC[C@@](O)(COc3cccc(F)c3)C2)cc1OCCCN1CCCCCC1=O. The van der Waals surface area contributed by atoms with Crippen LogP contribution in [-0.4, -0.2) is 86.1 Å². The lowest BCUT2D eigenvalue weighted by Gasteiger charge is -2.30. The number of amides is 1. The van der Waals surface area contributed by atoms with E-state index in [2.05, 4.69) is 4.90 Å². The lowest BCUT2D eigenvalue weighted by molar-refractivity contribution is -0.130. The molecule has 2 aliphatic rings. The second-order valence-electron chi connectivity index (χ2n) is 10.1. The standard InChI is InChI=1S/C29H39FN2O6/c1-35-26-11-10-23(17-27(26)37-15-6-13-32-12-4-2-3-9-28(32)33)19-31-14-16-36-21-29(34,20-31)22-38-25-8-5-7-24(30)18-25/h5,7-8,10-11,17-18,34H,2-4,6,9,12-16,19-22H2,1H3/t29-/m1/s1. The number of benzene rings is 2. The molecule has 1 amide bonds. The number of methoxy groups -OCH3 is 1. The zero-order valence-electron chi connectivity index (χ0n) is 22.2. The first kappa shape index (κ1) is 28.1. The highest BCUT2D eigenvalue weighted by atomic mass is 19.1. The van der Waals surface area contributed by atoms with Crippen LogP contribution in [0.15, 0.2) is 42.5 Å². The number of rotatable bonds is 11. The largest absolute Gasteiger partial charge is 0.493 e. The molecule has 2 fully saturated rings. The molecular formula is C29H39FN2O6. The van der Waals surface area contributed by atoms with Gasteiger partial charge in [-0.3, -0.25) is 9.69 Å². The summed E-state index contributed by atoms with van der Waals surface area (Å²) in [7, 11) is 1.61. The Morgan fingerprint density at radius 1 is 1.08 bits per heavy atom. The molecule has 2 aliphatic heterocycles. The van der Waals surface area contributed by atoms with E-state index in [-0.39, 0.29) is 24.9 Å². The van der Waals surface area contributed by atoms with E-state index < -0.39 is 5.60 Å². The van der Waals surface area contributed by atoms with Crippen LogP contribution in [0.3, 0.4) is 0 Å². The number of β-amino-alcohol motifs (C(OH)–C–C–N with tert-alkyl or cyclic N) is 1. The van der Waals surface area contributed by atoms with Gasteiger partial charge in [-0.25, -0.2) is 4.39 Å². The van der Waals surface area contributed by atoms with Crippen LogP contribution in [0.1, 0.15) is 37.7 Å². The number of halogens is 1. The van der Waals surface area contributed by atoms with Crippen LogP contribution in [0.25, 0.3) is 0 Å². The molecule has 0 radical (unpaired) electrons. The van der Waals surface area contributed by atoms with Crippen molar-refractivity contribution in [3.63, 3.8) is 0 Å². The van der Waals surface area contributed by atoms with Gasteiger partial charge >= 0.3 is 0 Å². The van der Waals surface area contributed by atoms with E-state index in [1.165, 1.54) is 12.1 Å². The van der Waals surface area contributed by atoms with E-state index in [9.17, 15) is 14.3 Å². The second kappa shape index (κ2) is 13.8. The van der Waals surface area contributed by atoms with Crippen LogP contribution < -0.4 is 14.2 Å². The number of likely N-dealkylation sites (tertiary alicyclic amines) is 1. The van der Waals surface area contributed by atoms with Crippen molar-refractivity contribution in [3.8, 4) is 17.2 Å². The molecule has 1 N–H and O–H groups in total. The van der Waals surface area contributed by atoms with Crippen LogP contribution in [0.4, 0.5) is 4.39 Å². The predicted octanol–water partition coefficient (Wildman–Crippen LogP) is 3.65. The maximum absolute atomic E-state index is 13.5. The highest BCUT2D eigenvalue weighted by Gasteiger charge is 2.33. The monoisotopic (exact) mass is 530 g/mol. The number of hydrogen-bond acceptors (Lipinski definition) is 7. The molecule has 0 aromatic heterocycles. The third-order valence-corrected chi connectivity index (χ3v) is 6.88. The van der Waals surface area contributed by atoms with E-state index >= 15 is 0 Å². The zero-order valence-corrected chi connectivity index (χ0v) is 22.2. The fourth-order valence-electron chi connectivity index (χ4n) is 4.90. The molecule has 0 aliphatic carbocycles. The molecule has 0 saturated carbocycles.